The van der Waals surface area contributed by atoms with E-state index in [4.69, 9.17) is 4.74 Å². The van der Waals surface area contributed by atoms with Crippen LogP contribution in [0.3, 0.4) is 0 Å². The van der Waals surface area contributed by atoms with E-state index in [2.05, 4.69) is 16.0 Å². The summed E-state index contributed by atoms with van der Waals surface area (Å²) in [6, 6.07) is 13.3. The number of benzene rings is 2. The average Bonchev–Trinajstić information content (AvgIpc) is 3.30. The lowest BCUT2D eigenvalue weighted by molar-refractivity contribution is -0.114. The first-order valence-corrected chi connectivity index (χ1v) is 9.65. The molecule has 0 bridgehead atoms. The molecule has 6 heteroatoms. The van der Waals surface area contributed by atoms with E-state index in [1.54, 1.807) is 30.6 Å². The first kappa shape index (κ1) is 18.0. The molecular formula is C22H18N2O3S. The number of nitrogens with one attached hydrogen (secondary N) is 2. The van der Waals surface area contributed by atoms with Crippen molar-refractivity contribution in [2.75, 3.05) is 17.7 Å². The molecule has 0 spiro atoms. The number of fused-ring (bicyclic) bond motifs is 1. The minimum atomic E-state index is -0.164. The van der Waals surface area contributed by atoms with Crippen LogP contribution < -0.4 is 15.4 Å². The van der Waals surface area contributed by atoms with E-state index >= 15 is 0 Å². The van der Waals surface area contributed by atoms with Crippen molar-refractivity contribution in [3.63, 3.8) is 0 Å². The Morgan fingerprint density at radius 2 is 2.00 bits per heavy atom. The van der Waals surface area contributed by atoms with Gasteiger partial charge in [-0.05, 0) is 58.3 Å². The van der Waals surface area contributed by atoms with Crippen molar-refractivity contribution in [1.82, 2.24) is 0 Å². The molecule has 0 atom stereocenters. The first-order valence-electron chi connectivity index (χ1n) is 8.71. The van der Waals surface area contributed by atoms with Crippen LogP contribution in [0, 0.1) is 0 Å². The third kappa shape index (κ3) is 3.42. The van der Waals surface area contributed by atoms with E-state index in [1.165, 1.54) is 6.92 Å². The monoisotopic (exact) mass is 390 g/mol. The van der Waals surface area contributed by atoms with Crippen molar-refractivity contribution in [3.05, 3.63) is 64.4 Å². The number of carbonyl (C=O) groups excluding carboxylic acids is 2. The number of hydrogen-bond donors (Lipinski definition) is 2. The topological polar surface area (TPSA) is 67.4 Å². The van der Waals surface area contributed by atoms with Crippen molar-refractivity contribution in [1.29, 1.82) is 0 Å². The Kier molecular flexibility index (Phi) is 4.71. The van der Waals surface area contributed by atoms with Gasteiger partial charge in [-0.15, -0.1) is 0 Å². The van der Waals surface area contributed by atoms with E-state index < -0.39 is 0 Å². The number of thiophene rings is 1. The predicted octanol–water partition coefficient (Wildman–Crippen LogP) is 4.87. The summed E-state index contributed by atoms with van der Waals surface area (Å²) in [5.41, 5.74) is 5.71. The van der Waals surface area contributed by atoms with Gasteiger partial charge in [-0.25, -0.2) is 0 Å². The molecule has 2 amide bonds. The Labute approximate surface area is 166 Å². The number of methoxy groups -OCH3 is 1. The van der Waals surface area contributed by atoms with Gasteiger partial charge in [0.1, 0.15) is 5.75 Å². The maximum absolute atomic E-state index is 12.5. The minimum absolute atomic E-state index is 0.153. The largest absolute Gasteiger partial charge is 0.496 e. The van der Waals surface area contributed by atoms with Gasteiger partial charge < -0.3 is 15.4 Å². The maximum atomic E-state index is 12.5. The third-order valence-electron chi connectivity index (χ3n) is 4.49. The second-order valence-corrected chi connectivity index (χ2v) is 7.21. The molecular weight excluding hydrogens is 372 g/mol. The predicted molar refractivity (Wildman–Crippen MR) is 114 cm³/mol. The van der Waals surface area contributed by atoms with Crippen LogP contribution in [0.15, 0.2) is 53.2 Å². The van der Waals surface area contributed by atoms with Gasteiger partial charge >= 0.3 is 0 Å². The van der Waals surface area contributed by atoms with Crippen LogP contribution in [0.4, 0.5) is 11.4 Å². The Hall–Kier alpha value is -3.38. The minimum Gasteiger partial charge on any atom is -0.496 e. The second kappa shape index (κ2) is 7.32. The molecule has 2 N–H and O–H groups in total. The number of hydrogen-bond acceptors (Lipinski definition) is 4. The van der Waals surface area contributed by atoms with Crippen molar-refractivity contribution in [2.45, 2.75) is 6.92 Å². The lowest BCUT2D eigenvalue weighted by Gasteiger charge is -2.09. The number of ether oxygens (including phenoxy) is 1. The summed E-state index contributed by atoms with van der Waals surface area (Å²) in [6.07, 6.45) is 1.87. The SMILES string of the molecule is COc1ccc(/C=C2\C(=O)Nc3cc(NC(C)=O)ccc32)cc1-c1ccsc1. The molecule has 1 aromatic heterocycles. The van der Waals surface area contributed by atoms with Gasteiger partial charge in [-0.1, -0.05) is 12.1 Å². The molecule has 2 heterocycles. The molecule has 4 rings (SSSR count). The Morgan fingerprint density at radius 1 is 1.14 bits per heavy atom. The van der Waals surface area contributed by atoms with Crippen LogP contribution in [-0.2, 0) is 9.59 Å². The van der Waals surface area contributed by atoms with Gasteiger partial charge in [0.05, 0.1) is 12.8 Å². The van der Waals surface area contributed by atoms with Crippen molar-refractivity contribution in [3.8, 4) is 16.9 Å². The standard InChI is InChI=1S/C22H18N2O3S/c1-13(25)23-16-4-5-17-19(22(26)24-20(17)11-16)10-14-3-6-21(27-2)18(9-14)15-7-8-28-12-15/h3-12H,1-2H3,(H,23,25)(H,24,26)/b19-10-. The molecule has 140 valence electrons. The molecule has 0 fully saturated rings. The van der Waals surface area contributed by atoms with Crippen LogP contribution in [0.5, 0.6) is 5.75 Å². The van der Waals surface area contributed by atoms with Gasteiger partial charge in [0, 0.05) is 29.3 Å². The van der Waals surface area contributed by atoms with Crippen LogP contribution >= 0.6 is 11.3 Å². The van der Waals surface area contributed by atoms with E-state index in [0.717, 1.165) is 28.0 Å². The first-order chi connectivity index (χ1) is 13.5. The Morgan fingerprint density at radius 3 is 2.71 bits per heavy atom. The van der Waals surface area contributed by atoms with E-state index in [-0.39, 0.29) is 11.8 Å². The van der Waals surface area contributed by atoms with Crippen molar-refractivity contribution < 1.29 is 14.3 Å². The van der Waals surface area contributed by atoms with Gasteiger partial charge in [0.25, 0.3) is 5.91 Å². The molecule has 0 saturated carbocycles. The molecule has 2 aromatic carbocycles. The van der Waals surface area contributed by atoms with Crippen LogP contribution in [0.2, 0.25) is 0 Å². The zero-order chi connectivity index (χ0) is 19.7. The highest BCUT2D eigenvalue weighted by Gasteiger charge is 2.24. The Bertz CT molecular complexity index is 1100. The fourth-order valence-electron chi connectivity index (χ4n) is 3.24. The smallest absolute Gasteiger partial charge is 0.256 e. The Balaban J connectivity index is 1.73. The molecule has 0 saturated heterocycles. The lowest BCUT2D eigenvalue weighted by Crippen LogP contribution is -2.06. The number of amides is 2. The van der Waals surface area contributed by atoms with Gasteiger partial charge in [0.2, 0.25) is 5.91 Å². The van der Waals surface area contributed by atoms with Crippen molar-refractivity contribution >= 4 is 46.2 Å². The number of rotatable bonds is 4. The number of carbonyl (C=O) groups is 2. The molecule has 3 aromatic rings. The van der Waals surface area contributed by atoms with Gasteiger partial charge in [0.15, 0.2) is 0 Å². The maximum Gasteiger partial charge on any atom is 0.256 e. The summed E-state index contributed by atoms with van der Waals surface area (Å²) < 4.78 is 5.49. The fraction of sp³-hybridized carbons (Fsp3) is 0.0909. The van der Waals surface area contributed by atoms with Crippen LogP contribution in [0.25, 0.3) is 22.8 Å². The summed E-state index contributed by atoms with van der Waals surface area (Å²) in [5, 5.41) is 9.68. The normalized spacial score (nSPS) is 13.9. The fourth-order valence-corrected chi connectivity index (χ4v) is 3.90. The highest BCUT2D eigenvalue weighted by atomic mass is 32.1. The van der Waals surface area contributed by atoms with E-state index in [9.17, 15) is 9.59 Å². The summed E-state index contributed by atoms with van der Waals surface area (Å²) in [4.78, 5) is 23.8. The van der Waals surface area contributed by atoms with Crippen LogP contribution in [-0.4, -0.2) is 18.9 Å². The molecule has 5 nitrogen and oxygen atoms in total. The zero-order valence-electron chi connectivity index (χ0n) is 15.4. The molecule has 0 aliphatic carbocycles. The number of anilines is 2. The highest BCUT2D eigenvalue weighted by Crippen LogP contribution is 2.37. The van der Waals surface area contributed by atoms with Crippen molar-refractivity contribution in [2.24, 2.45) is 0 Å². The third-order valence-corrected chi connectivity index (χ3v) is 5.17. The van der Waals surface area contributed by atoms with Gasteiger partial charge in [-0.3, -0.25) is 9.59 Å². The summed E-state index contributed by atoms with van der Waals surface area (Å²) in [7, 11) is 1.65. The van der Waals surface area contributed by atoms with Crippen LogP contribution in [0.1, 0.15) is 18.1 Å². The molecule has 28 heavy (non-hydrogen) atoms. The zero-order valence-corrected chi connectivity index (χ0v) is 16.2. The van der Waals surface area contributed by atoms with Gasteiger partial charge in [-0.2, -0.15) is 11.3 Å². The summed E-state index contributed by atoms with van der Waals surface area (Å²) >= 11 is 1.62. The molecule has 0 unspecified atom stereocenters. The average molecular weight is 390 g/mol. The summed E-state index contributed by atoms with van der Waals surface area (Å²) in [5.74, 6) is 0.471. The molecule has 1 aliphatic heterocycles. The molecule has 0 radical (unpaired) electrons. The molecule has 1 aliphatic rings. The second-order valence-electron chi connectivity index (χ2n) is 6.43. The highest BCUT2D eigenvalue weighted by molar-refractivity contribution is 7.08. The summed E-state index contributed by atoms with van der Waals surface area (Å²) in [6.45, 7) is 1.45. The van der Waals surface area contributed by atoms with E-state index in [0.29, 0.717) is 16.9 Å². The van der Waals surface area contributed by atoms with E-state index in [1.807, 2.05) is 41.8 Å². The lowest BCUT2D eigenvalue weighted by atomic mass is 10.00. The quantitative estimate of drug-likeness (QED) is 0.624.